The molecule has 2 aromatic heterocycles. The van der Waals surface area contributed by atoms with E-state index in [1.165, 1.54) is 18.0 Å². The molecule has 0 bridgehead atoms. The fourth-order valence-electron chi connectivity index (χ4n) is 4.00. The number of hydrogen-bond acceptors (Lipinski definition) is 8. The molecule has 0 saturated carbocycles. The number of methoxy groups -OCH3 is 1. The molecular formula is C29H24ClN3O6. The number of rotatable bonds is 8. The monoisotopic (exact) mass is 545 g/mol. The van der Waals surface area contributed by atoms with Gasteiger partial charge in [-0.05, 0) is 74.0 Å². The van der Waals surface area contributed by atoms with Crippen molar-refractivity contribution < 1.29 is 23.4 Å². The lowest BCUT2D eigenvalue weighted by atomic mass is 10.2. The zero-order valence-electron chi connectivity index (χ0n) is 21.4. The van der Waals surface area contributed by atoms with E-state index in [1.54, 1.807) is 74.5 Å². The molecule has 0 spiro atoms. The van der Waals surface area contributed by atoms with E-state index in [1.807, 2.05) is 6.07 Å². The van der Waals surface area contributed by atoms with Gasteiger partial charge >= 0.3 is 5.97 Å². The second-order valence-electron chi connectivity index (χ2n) is 8.53. The molecule has 0 aliphatic carbocycles. The minimum atomic E-state index is -0.818. The van der Waals surface area contributed by atoms with Crippen LogP contribution < -0.4 is 15.0 Å². The first kappa shape index (κ1) is 26.0. The van der Waals surface area contributed by atoms with E-state index in [0.29, 0.717) is 44.3 Å². The number of furan rings is 1. The Bertz CT molecular complexity index is 1770. The van der Waals surface area contributed by atoms with Crippen LogP contribution in [0.5, 0.6) is 11.5 Å². The maximum atomic E-state index is 13.5. The zero-order valence-corrected chi connectivity index (χ0v) is 22.1. The summed E-state index contributed by atoms with van der Waals surface area (Å²) >= 11 is 6.14. The molecule has 2 heterocycles. The summed E-state index contributed by atoms with van der Waals surface area (Å²) in [7, 11) is 1.49. The smallest absolute Gasteiger partial charge is 0.347 e. The molecule has 0 amide bonds. The third kappa shape index (κ3) is 5.35. The second-order valence-corrected chi connectivity index (χ2v) is 8.97. The van der Waals surface area contributed by atoms with E-state index < -0.39 is 12.1 Å². The summed E-state index contributed by atoms with van der Waals surface area (Å²) in [5.74, 6) is 0.864. The third-order valence-electron chi connectivity index (χ3n) is 5.88. The summed E-state index contributed by atoms with van der Waals surface area (Å²) in [4.78, 5) is 30.1. The molecule has 5 rings (SSSR count). The SMILES string of the molecule is CCOC(=O)[C@@H](C)Oc1ccc(C=Nn2c(-c3cc4cc(Cl)ccc4o3)nc3ccccc3c2=O)cc1OC. The zero-order chi connectivity index (χ0) is 27.5. The molecule has 0 fully saturated rings. The van der Waals surface area contributed by atoms with Crippen molar-refractivity contribution in [2.24, 2.45) is 5.10 Å². The number of aromatic nitrogens is 2. The fourth-order valence-corrected chi connectivity index (χ4v) is 4.18. The highest BCUT2D eigenvalue weighted by molar-refractivity contribution is 6.31. The van der Waals surface area contributed by atoms with Gasteiger partial charge in [-0.25, -0.2) is 9.78 Å². The average molecular weight is 546 g/mol. The largest absolute Gasteiger partial charge is 0.493 e. The van der Waals surface area contributed by atoms with Crippen LogP contribution in [0, 0.1) is 0 Å². The molecule has 0 aliphatic rings. The van der Waals surface area contributed by atoms with Crippen molar-refractivity contribution in [3.05, 3.63) is 87.7 Å². The fraction of sp³-hybridized carbons (Fsp3) is 0.172. The lowest BCUT2D eigenvalue weighted by Gasteiger charge is -2.16. The van der Waals surface area contributed by atoms with Crippen LogP contribution in [0.15, 0.2) is 81.0 Å². The highest BCUT2D eigenvalue weighted by Crippen LogP contribution is 2.30. The van der Waals surface area contributed by atoms with Crippen molar-refractivity contribution in [1.29, 1.82) is 0 Å². The van der Waals surface area contributed by atoms with Gasteiger partial charge in [-0.1, -0.05) is 23.7 Å². The van der Waals surface area contributed by atoms with Gasteiger partial charge in [0.05, 0.1) is 30.8 Å². The Balaban J connectivity index is 1.55. The Hall–Kier alpha value is -4.63. The summed E-state index contributed by atoms with van der Waals surface area (Å²) in [6.45, 7) is 3.58. The second kappa shape index (κ2) is 11.0. The number of halogens is 1. The summed E-state index contributed by atoms with van der Waals surface area (Å²) in [5, 5.41) is 6.21. The molecule has 3 aromatic carbocycles. The molecule has 0 aliphatic heterocycles. The highest BCUT2D eigenvalue weighted by Gasteiger charge is 2.19. The minimum absolute atomic E-state index is 0.234. The lowest BCUT2D eigenvalue weighted by molar-refractivity contribution is -0.150. The quantitative estimate of drug-likeness (QED) is 0.182. The van der Waals surface area contributed by atoms with Gasteiger partial charge in [0.2, 0.25) is 5.82 Å². The van der Waals surface area contributed by atoms with E-state index in [4.69, 9.17) is 30.2 Å². The van der Waals surface area contributed by atoms with Gasteiger partial charge in [0.25, 0.3) is 5.56 Å². The van der Waals surface area contributed by atoms with E-state index in [0.717, 1.165) is 5.39 Å². The molecule has 0 unspecified atom stereocenters. The number of carbonyl (C=O) groups is 1. The molecule has 0 radical (unpaired) electrons. The third-order valence-corrected chi connectivity index (χ3v) is 6.12. The van der Waals surface area contributed by atoms with Crippen molar-refractivity contribution in [3.8, 4) is 23.1 Å². The lowest BCUT2D eigenvalue weighted by Crippen LogP contribution is -2.26. The maximum absolute atomic E-state index is 13.5. The first-order valence-corrected chi connectivity index (χ1v) is 12.5. The van der Waals surface area contributed by atoms with Crippen LogP contribution >= 0.6 is 11.6 Å². The van der Waals surface area contributed by atoms with Gasteiger partial charge in [-0.2, -0.15) is 9.78 Å². The van der Waals surface area contributed by atoms with E-state index in [2.05, 4.69) is 10.1 Å². The summed E-state index contributed by atoms with van der Waals surface area (Å²) < 4.78 is 23.4. The van der Waals surface area contributed by atoms with Crippen LogP contribution in [0.1, 0.15) is 19.4 Å². The van der Waals surface area contributed by atoms with Gasteiger partial charge in [0, 0.05) is 10.4 Å². The van der Waals surface area contributed by atoms with Gasteiger partial charge in [-0.15, -0.1) is 0 Å². The number of esters is 1. The van der Waals surface area contributed by atoms with Crippen LogP contribution in [0.2, 0.25) is 5.02 Å². The average Bonchev–Trinajstić information content (AvgIpc) is 3.36. The molecule has 39 heavy (non-hydrogen) atoms. The highest BCUT2D eigenvalue weighted by atomic mass is 35.5. The Labute approximate surface area is 228 Å². The van der Waals surface area contributed by atoms with Crippen molar-refractivity contribution >= 4 is 45.7 Å². The van der Waals surface area contributed by atoms with Crippen LogP contribution in [0.3, 0.4) is 0 Å². The maximum Gasteiger partial charge on any atom is 0.347 e. The molecule has 198 valence electrons. The van der Waals surface area contributed by atoms with Crippen molar-refractivity contribution in [3.63, 3.8) is 0 Å². The Morgan fingerprint density at radius 3 is 2.74 bits per heavy atom. The summed E-state index contributed by atoms with van der Waals surface area (Å²) in [6, 6.07) is 19.1. The summed E-state index contributed by atoms with van der Waals surface area (Å²) in [6.07, 6.45) is 0.684. The minimum Gasteiger partial charge on any atom is -0.493 e. The molecule has 0 N–H and O–H groups in total. The molecule has 10 heteroatoms. The number of benzene rings is 3. The van der Waals surface area contributed by atoms with Crippen molar-refractivity contribution in [2.45, 2.75) is 20.0 Å². The molecule has 9 nitrogen and oxygen atoms in total. The topological polar surface area (TPSA) is 105 Å². The Morgan fingerprint density at radius 1 is 1.13 bits per heavy atom. The van der Waals surface area contributed by atoms with Crippen LogP contribution in [-0.4, -0.2) is 41.7 Å². The van der Waals surface area contributed by atoms with E-state index >= 15 is 0 Å². The number of carbonyl (C=O) groups excluding carboxylic acids is 1. The molecule has 0 saturated heterocycles. The first-order valence-electron chi connectivity index (χ1n) is 12.1. The van der Waals surface area contributed by atoms with E-state index in [9.17, 15) is 9.59 Å². The standard InChI is InChI=1S/C29H24ClN3O6/c1-4-37-29(35)17(2)38-24-11-9-18(13-25(24)36-3)16-31-33-27(32-22-8-6-5-7-21(22)28(33)34)26-15-19-14-20(30)10-12-23(19)39-26/h5-17H,4H2,1-3H3/t17-/m1/s1. The number of fused-ring (bicyclic) bond motifs is 2. The normalized spacial score (nSPS) is 12.2. The number of ether oxygens (including phenoxy) is 3. The molecular weight excluding hydrogens is 522 g/mol. The van der Waals surface area contributed by atoms with Crippen LogP contribution in [-0.2, 0) is 9.53 Å². The number of hydrogen-bond donors (Lipinski definition) is 0. The summed E-state index contributed by atoms with van der Waals surface area (Å²) in [5.41, 5.74) is 1.37. The van der Waals surface area contributed by atoms with Crippen LogP contribution in [0.25, 0.3) is 33.5 Å². The van der Waals surface area contributed by atoms with Crippen molar-refractivity contribution in [2.75, 3.05) is 13.7 Å². The van der Waals surface area contributed by atoms with Gasteiger partial charge in [0.15, 0.2) is 23.4 Å². The van der Waals surface area contributed by atoms with Gasteiger partial charge in [0.1, 0.15) is 5.58 Å². The Kier molecular flexibility index (Phi) is 7.33. The van der Waals surface area contributed by atoms with E-state index in [-0.39, 0.29) is 18.0 Å². The van der Waals surface area contributed by atoms with Crippen LogP contribution in [0.4, 0.5) is 0 Å². The van der Waals surface area contributed by atoms with Crippen molar-refractivity contribution in [1.82, 2.24) is 9.66 Å². The Morgan fingerprint density at radius 2 is 1.95 bits per heavy atom. The predicted octanol–water partition coefficient (Wildman–Crippen LogP) is 5.68. The number of para-hydroxylation sites is 1. The first-order chi connectivity index (χ1) is 18.9. The van der Waals surface area contributed by atoms with Gasteiger partial charge < -0.3 is 18.6 Å². The molecule has 5 aromatic rings. The number of nitrogens with zero attached hydrogens (tertiary/aromatic N) is 3. The molecule has 1 atom stereocenters. The predicted molar refractivity (Wildman–Crippen MR) is 149 cm³/mol. The van der Waals surface area contributed by atoms with Gasteiger partial charge in [-0.3, -0.25) is 4.79 Å².